The summed E-state index contributed by atoms with van der Waals surface area (Å²) in [7, 11) is 1.80. The van der Waals surface area contributed by atoms with Crippen molar-refractivity contribution in [2.45, 2.75) is 38.1 Å². The number of nitrogens with one attached hydrogen (secondary N) is 2. The molecule has 17 heavy (non-hydrogen) atoms. The smallest absolute Gasteiger partial charge is 0.253 e. The number of carbonyl (C=O) groups excluding carboxylic acids is 1. The Bertz CT molecular complexity index is 407. The molecule has 0 aromatic carbocycles. The van der Waals surface area contributed by atoms with E-state index in [1.165, 1.54) is 6.42 Å². The normalized spacial score (nSPS) is 17.1. The van der Waals surface area contributed by atoms with Crippen molar-refractivity contribution in [3.63, 3.8) is 0 Å². The van der Waals surface area contributed by atoms with Gasteiger partial charge in [-0.1, -0.05) is 6.92 Å². The lowest BCUT2D eigenvalue weighted by Crippen LogP contribution is -2.53. The Kier molecular flexibility index (Phi) is 3.31. The van der Waals surface area contributed by atoms with Gasteiger partial charge in [-0.05, 0) is 31.7 Å². The van der Waals surface area contributed by atoms with Crippen LogP contribution in [0, 0.1) is 0 Å². The Labute approximate surface area is 102 Å². The molecule has 0 atom stereocenters. The van der Waals surface area contributed by atoms with E-state index in [0.29, 0.717) is 5.56 Å². The van der Waals surface area contributed by atoms with Gasteiger partial charge in [0, 0.05) is 18.8 Å². The number of anilines is 1. The van der Waals surface area contributed by atoms with Gasteiger partial charge >= 0.3 is 0 Å². The van der Waals surface area contributed by atoms with Crippen LogP contribution in [0.1, 0.15) is 43.0 Å². The van der Waals surface area contributed by atoms with Crippen LogP contribution in [0.3, 0.4) is 0 Å². The van der Waals surface area contributed by atoms with Crippen molar-refractivity contribution in [2.75, 3.05) is 12.4 Å². The van der Waals surface area contributed by atoms with Crippen molar-refractivity contribution >= 4 is 11.6 Å². The predicted octanol–water partition coefficient (Wildman–Crippen LogP) is 2.19. The molecule has 92 valence electrons. The Morgan fingerprint density at radius 1 is 1.53 bits per heavy atom. The quantitative estimate of drug-likeness (QED) is 0.838. The largest absolute Gasteiger partial charge is 0.386 e. The summed E-state index contributed by atoms with van der Waals surface area (Å²) in [5, 5.41) is 6.16. The SMILES string of the molecule is CCC1(NC(=O)c2ccncc2NC)CCC1. The molecule has 0 unspecified atom stereocenters. The molecule has 0 bridgehead atoms. The molecule has 0 saturated heterocycles. The zero-order valence-electron chi connectivity index (χ0n) is 10.4. The zero-order valence-corrected chi connectivity index (χ0v) is 10.4. The van der Waals surface area contributed by atoms with E-state index in [4.69, 9.17) is 0 Å². The van der Waals surface area contributed by atoms with Crippen LogP contribution in [-0.2, 0) is 0 Å². The number of amides is 1. The fourth-order valence-corrected chi connectivity index (χ4v) is 2.27. The highest BCUT2D eigenvalue weighted by molar-refractivity contribution is 5.99. The minimum Gasteiger partial charge on any atom is -0.386 e. The third kappa shape index (κ3) is 2.25. The molecule has 0 radical (unpaired) electrons. The number of nitrogens with zero attached hydrogens (tertiary/aromatic N) is 1. The van der Waals surface area contributed by atoms with Gasteiger partial charge in [0.15, 0.2) is 0 Å². The molecule has 4 nitrogen and oxygen atoms in total. The summed E-state index contributed by atoms with van der Waals surface area (Å²) >= 11 is 0. The van der Waals surface area contributed by atoms with Gasteiger partial charge in [-0.2, -0.15) is 0 Å². The summed E-state index contributed by atoms with van der Waals surface area (Å²) in [6.45, 7) is 2.13. The highest BCUT2D eigenvalue weighted by atomic mass is 16.1. The van der Waals surface area contributed by atoms with E-state index >= 15 is 0 Å². The van der Waals surface area contributed by atoms with Gasteiger partial charge in [-0.3, -0.25) is 9.78 Å². The van der Waals surface area contributed by atoms with E-state index in [1.807, 2.05) is 0 Å². The molecule has 2 rings (SSSR count). The number of aromatic nitrogens is 1. The summed E-state index contributed by atoms with van der Waals surface area (Å²) < 4.78 is 0. The molecule has 1 aromatic heterocycles. The van der Waals surface area contributed by atoms with Gasteiger partial charge in [0.2, 0.25) is 0 Å². The average molecular weight is 233 g/mol. The number of rotatable bonds is 4. The molecule has 0 spiro atoms. The number of pyridine rings is 1. The van der Waals surface area contributed by atoms with Gasteiger partial charge in [0.1, 0.15) is 0 Å². The number of carbonyl (C=O) groups is 1. The van der Waals surface area contributed by atoms with Crippen molar-refractivity contribution in [3.05, 3.63) is 24.0 Å². The molecule has 2 N–H and O–H groups in total. The summed E-state index contributed by atoms with van der Waals surface area (Å²) in [5.41, 5.74) is 1.48. The molecule has 1 heterocycles. The summed E-state index contributed by atoms with van der Waals surface area (Å²) in [6, 6.07) is 1.75. The van der Waals surface area contributed by atoms with E-state index in [-0.39, 0.29) is 11.4 Å². The minimum atomic E-state index is -0.00157. The predicted molar refractivity (Wildman–Crippen MR) is 68.1 cm³/mol. The molecule has 1 aliphatic carbocycles. The lowest BCUT2D eigenvalue weighted by molar-refractivity contribution is 0.0821. The van der Waals surface area contributed by atoms with Gasteiger partial charge in [-0.25, -0.2) is 0 Å². The lowest BCUT2D eigenvalue weighted by Gasteiger charge is -2.42. The zero-order chi connectivity index (χ0) is 12.3. The fraction of sp³-hybridized carbons (Fsp3) is 0.538. The van der Waals surface area contributed by atoms with Crippen LogP contribution < -0.4 is 10.6 Å². The van der Waals surface area contributed by atoms with Gasteiger partial charge in [0.25, 0.3) is 5.91 Å². The topological polar surface area (TPSA) is 54.0 Å². The van der Waals surface area contributed by atoms with Crippen LogP contribution >= 0.6 is 0 Å². The summed E-state index contributed by atoms with van der Waals surface area (Å²) in [5.74, 6) is -0.00157. The van der Waals surface area contributed by atoms with Crippen molar-refractivity contribution in [3.8, 4) is 0 Å². The Morgan fingerprint density at radius 2 is 2.29 bits per heavy atom. The first-order valence-corrected chi connectivity index (χ1v) is 6.15. The highest BCUT2D eigenvalue weighted by Gasteiger charge is 2.36. The van der Waals surface area contributed by atoms with E-state index < -0.39 is 0 Å². The second-order valence-electron chi connectivity index (χ2n) is 4.61. The van der Waals surface area contributed by atoms with Crippen LogP contribution in [0.25, 0.3) is 0 Å². The molecular weight excluding hydrogens is 214 g/mol. The molecule has 1 saturated carbocycles. The van der Waals surface area contributed by atoms with Crippen LogP contribution in [0.15, 0.2) is 18.5 Å². The first kappa shape index (κ1) is 11.9. The van der Waals surface area contributed by atoms with Crippen LogP contribution in [0.4, 0.5) is 5.69 Å². The summed E-state index contributed by atoms with van der Waals surface area (Å²) in [4.78, 5) is 16.2. The summed E-state index contributed by atoms with van der Waals surface area (Å²) in [6.07, 6.45) is 7.72. The Morgan fingerprint density at radius 3 is 2.82 bits per heavy atom. The Balaban J connectivity index is 2.14. The van der Waals surface area contributed by atoms with E-state index in [0.717, 1.165) is 24.9 Å². The molecule has 1 aliphatic rings. The molecule has 4 heteroatoms. The maximum atomic E-state index is 12.2. The first-order chi connectivity index (χ1) is 8.21. The fourth-order valence-electron chi connectivity index (χ4n) is 2.27. The second kappa shape index (κ2) is 4.73. The Hall–Kier alpha value is -1.58. The highest BCUT2D eigenvalue weighted by Crippen LogP contribution is 2.35. The molecule has 1 fully saturated rings. The van der Waals surface area contributed by atoms with Gasteiger partial charge in [-0.15, -0.1) is 0 Å². The van der Waals surface area contributed by atoms with Crippen LogP contribution in [0.2, 0.25) is 0 Å². The van der Waals surface area contributed by atoms with Crippen molar-refractivity contribution in [1.29, 1.82) is 0 Å². The molecular formula is C13H19N3O. The maximum Gasteiger partial charge on any atom is 0.253 e. The standard InChI is InChI=1S/C13H19N3O/c1-3-13(6-4-7-13)16-12(17)10-5-8-15-9-11(10)14-2/h5,8-9,14H,3-4,6-7H2,1-2H3,(H,16,17). The van der Waals surface area contributed by atoms with Crippen molar-refractivity contribution in [2.24, 2.45) is 0 Å². The van der Waals surface area contributed by atoms with Crippen LogP contribution in [-0.4, -0.2) is 23.5 Å². The van der Waals surface area contributed by atoms with E-state index in [1.54, 1.807) is 25.5 Å². The van der Waals surface area contributed by atoms with Crippen LogP contribution in [0.5, 0.6) is 0 Å². The van der Waals surface area contributed by atoms with Gasteiger partial charge in [0.05, 0.1) is 17.4 Å². The molecule has 1 aromatic rings. The number of hydrogen-bond donors (Lipinski definition) is 2. The van der Waals surface area contributed by atoms with E-state index in [9.17, 15) is 4.79 Å². The van der Waals surface area contributed by atoms with Crippen molar-refractivity contribution in [1.82, 2.24) is 10.3 Å². The second-order valence-corrected chi connectivity index (χ2v) is 4.61. The molecule has 1 amide bonds. The van der Waals surface area contributed by atoms with E-state index in [2.05, 4.69) is 22.5 Å². The average Bonchev–Trinajstić information content (AvgIpc) is 2.33. The first-order valence-electron chi connectivity index (χ1n) is 6.15. The number of hydrogen-bond acceptors (Lipinski definition) is 3. The third-order valence-corrected chi connectivity index (χ3v) is 3.70. The van der Waals surface area contributed by atoms with Crippen molar-refractivity contribution < 1.29 is 4.79 Å². The third-order valence-electron chi connectivity index (χ3n) is 3.70. The molecule has 0 aliphatic heterocycles. The maximum absolute atomic E-state index is 12.2. The minimum absolute atomic E-state index is 0.00157. The monoisotopic (exact) mass is 233 g/mol. The lowest BCUT2D eigenvalue weighted by atomic mass is 9.74. The van der Waals surface area contributed by atoms with Gasteiger partial charge < -0.3 is 10.6 Å².